The van der Waals surface area contributed by atoms with Crippen LogP contribution in [0.1, 0.15) is 36.5 Å². The highest BCUT2D eigenvalue weighted by Crippen LogP contribution is 2.28. The van der Waals surface area contributed by atoms with Crippen LogP contribution in [0, 0.1) is 6.92 Å². The van der Waals surface area contributed by atoms with Gasteiger partial charge in [0.1, 0.15) is 0 Å². The topological polar surface area (TPSA) is 35.2 Å². The fraction of sp³-hybridized carbons (Fsp3) is 0.538. The fourth-order valence-electron chi connectivity index (χ4n) is 1.79. The molecule has 1 fully saturated rings. The van der Waals surface area contributed by atoms with Crippen molar-refractivity contribution in [1.29, 1.82) is 0 Å². The molecule has 1 unspecified atom stereocenters. The molecule has 1 aliphatic rings. The first-order valence-corrected chi connectivity index (χ1v) is 5.71. The molecule has 1 aromatic carbocycles. The third-order valence-corrected chi connectivity index (χ3v) is 3.07. The van der Waals surface area contributed by atoms with Crippen molar-refractivity contribution in [3.8, 4) is 0 Å². The van der Waals surface area contributed by atoms with Gasteiger partial charge in [0, 0.05) is 6.54 Å². The number of nitrogens with two attached hydrogens (primary N) is 1. The Labute approximate surface area is 91.4 Å². The van der Waals surface area contributed by atoms with Gasteiger partial charge in [0.05, 0.1) is 12.2 Å². The molecule has 0 saturated heterocycles. The van der Waals surface area contributed by atoms with Crippen LogP contribution in [0.3, 0.4) is 0 Å². The number of aryl methyl sites for hydroxylation is 1. The number of ether oxygens (including phenoxy) is 1. The van der Waals surface area contributed by atoms with Crippen LogP contribution in [0.25, 0.3) is 0 Å². The molecule has 0 bridgehead atoms. The largest absolute Gasteiger partial charge is 0.369 e. The lowest BCUT2D eigenvalue weighted by atomic mass is 9.95. The molecule has 2 rings (SSSR count). The molecule has 1 atom stereocenters. The lowest BCUT2D eigenvalue weighted by Gasteiger charge is -2.30. The standard InChI is InChI=1S/C13H19NO/c1-10-5-7-11(8-6-10)13(9-14)15-12-3-2-4-12/h5-8,12-13H,2-4,9,14H2,1H3. The van der Waals surface area contributed by atoms with Crippen molar-refractivity contribution in [2.45, 2.75) is 38.4 Å². The fourth-order valence-corrected chi connectivity index (χ4v) is 1.79. The average molecular weight is 205 g/mol. The van der Waals surface area contributed by atoms with E-state index in [1.165, 1.54) is 30.4 Å². The van der Waals surface area contributed by atoms with E-state index in [0.717, 1.165) is 0 Å². The molecule has 0 spiro atoms. The van der Waals surface area contributed by atoms with Gasteiger partial charge in [-0.3, -0.25) is 0 Å². The zero-order chi connectivity index (χ0) is 10.7. The summed E-state index contributed by atoms with van der Waals surface area (Å²) >= 11 is 0. The Morgan fingerprint density at radius 3 is 2.47 bits per heavy atom. The second-order valence-corrected chi connectivity index (χ2v) is 4.32. The third-order valence-electron chi connectivity index (χ3n) is 3.07. The average Bonchev–Trinajstić information content (AvgIpc) is 2.19. The van der Waals surface area contributed by atoms with Crippen LogP contribution in [0.5, 0.6) is 0 Å². The minimum absolute atomic E-state index is 0.0795. The predicted octanol–water partition coefficient (Wildman–Crippen LogP) is 2.56. The molecule has 0 amide bonds. The number of hydrogen-bond donors (Lipinski definition) is 1. The summed E-state index contributed by atoms with van der Waals surface area (Å²) < 4.78 is 5.94. The van der Waals surface area contributed by atoms with E-state index in [0.29, 0.717) is 12.6 Å². The van der Waals surface area contributed by atoms with Crippen molar-refractivity contribution < 1.29 is 4.74 Å². The van der Waals surface area contributed by atoms with Crippen LogP contribution in [-0.2, 0) is 4.74 Å². The van der Waals surface area contributed by atoms with Gasteiger partial charge in [-0.05, 0) is 31.7 Å². The Kier molecular flexibility index (Phi) is 3.39. The Morgan fingerprint density at radius 2 is 2.00 bits per heavy atom. The summed E-state index contributed by atoms with van der Waals surface area (Å²) in [4.78, 5) is 0. The monoisotopic (exact) mass is 205 g/mol. The van der Waals surface area contributed by atoms with Crippen LogP contribution < -0.4 is 5.73 Å². The Balaban J connectivity index is 2.01. The van der Waals surface area contributed by atoms with E-state index >= 15 is 0 Å². The highest BCUT2D eigenvalue weighted by Gasteiger charge is 2.22. The lowest BCUT2D eigenvalue weighted by Crippen LogP contribution is -2.27. The molecule has 0 heterocycles. The summed E-state index contributed by atoms with van der Waals surface area (Å²) in [6, 6.07) is 8.46. The molecule has 2 nitrogen and oxygen atoms in total. The van der Waals surface area contributed by atoms with E-state index < -0.39 is 0 Å². The third kappa shape index (κ3) is 2.58. The van der Waals surface area contributed by atoms with Crippen molar-refractivity contribution in [3.63, 3.8) is 0 Å². The molecule has 0 aromatic heterocycles. The van der Waals surface area contributed by atoms with E-state index in [1.807, 2.05) is 0 Å². The van der Waals surface area contributed by atoms with Gasteiger partial charge in [-0.1, -0.05) is 29.8 Å². The zero-order valence-corrected chi connectivity index (χ0v) is 9.28. The SMILES string of the molecule is Cc1ccc(C(CN)OC2CCC2)cc1. The quantitative estimate of drug-likeness (QED) is 0.820. The number of rotatable bonds is 4. The maximum atomic E-state index is 5.94. The van der Waals surface area contributed by atoms with Gasteiger partial charge in [0.25, 0.3) is 0 Å². The maximum Gasteiger partial charge on any atom is 0.0950 e. The van der Waals surface area contributed by atoms with Gasteiger partial charge in [0.15, 0.2) is 0 Å². The van der Waals surface area contributed by atoms with Gasteiger partial charge in [-0.2, -0.15) is 0 Å². The first-order chi connectivity index (χ1) is 7.29. The van der Waals surface area contributed by atoms with Crippen molar-refractivity contribution in [2.24, 2.45) is 5.73 Å². The van der Waals surface area contributed by atoms with Crippen molar-refractivity contribution in [1.82, 2.24) is 0 Å². The van der Waals surface area contributed by atoms with E-state index in [-0.39, 0.29) is 6.10 Å². The summed E-state index contributed by atoms with van der Waals surface area (Å²) in [6.07, 6.45) is 4.22. The smallest absolute Gasteiger partial charge is 0.0950 e. The van der Waals surface area contributed by atoms with Crippen molar-refractivity contribution >= 4 is 0 Å². The van der Waals surface area contributed by atoms with Crippen LogP contribution in [-0.4, -0.2) is 12.6 Å². The molecule has 2 N–H and O–H groups in total. The van der Waals surface area contributed by atoms with E-state index in [2.05, 4.69) is 31.2 Å². The van der Waals surface area contributed by atoms with E-state index in [1.54, 1.807) is 0 Å². The summed E-state index contributed by atoms with van der Waals surface area (Å²) in [5, 5.41) is 0. The van der Waals surface area contributed by atoms with Gasteiger partial charge in [-0.15, -0.1) is 0 Å². The zero-order valence-electron chi connectivity index (χ0n) is 9.28. The molecule has 0 aliphatic heterocycles. The minimum Gasteiger partial charge on any atom is -0.369 e. The summed E-state index contributed by atoms with van der Waals surface area (Å²) in [5.74, 6) is 0. The molecule has 15 heavy (non-hydrogen) atoms. The van der Waals surface area contributed by atoms with Crippen LogP contribution >= 0.6 is 0 Å². The second-order valence-electron chi connectivity index (χ2n) is 4.32. The normalized spacial score (nSPS) is 18.5. The van der Waals surface area contributed by atoms with Crippen LogP contribution in [0.15, 0.2) is 24.3 Å². The van der Waals surface area contributed by atoms with Crippen molar-refractivity contribution in [2.75, 3.05) is 6.54 Å². The number of benzene rings is 1. The molecule has 1 aliphatic carbocycles. The summed E-state index contributed by atoms with van der Waals surface area (Å²) in [5.41, 5.74) is 8.22. The van der Waals surface area contributed by atoms with Crippen LogP contribution in [0.2, 0.25) is 0 Å². The second kappa shape index (κ2) is 4.77. The molecule has 0 radical (unpaired) electrons. The Hall–Kier alpha value is -0.860. The molecule has 1 aromatic rings. The molecule has 82 valence electrons. The summed E-state index contributed by atoms with van der Waals surface area (Å²) in [6.45, 7) is 2.66. The maximum absolute atomic E-state index is 5.94. The van der Waals surface area contributed by atoms with Gasteiger partial charge in [0.2, 0.25) is 0 Å². The first-order valence-electron chi connectivity index (χ1n) is 5.71. The molecular weight excluding hydrogens is 186 g/mol. The highest BCUT2D eigenvalue weighted by molar-refractivity contribution is 5.23. The van der Waals surface area contributed by atoms with Crippen molar-refractivity contribution in [3.05, 3.63) is 35.4 Å². The van der Waals surface area contributed by atoms with E-state index in [9.17, 15) is 0 Å². The minimum atomic E-state index is 0.0795. The first kappa shape index (κ1) is 10.7. The Bertz CT molecular complexity index is 303. The van der Waals surface area contributed by atoms with Gasteiger partial charge < -0.3 is 10.5 Å². The van der Waals surface area contributed by atoms with Gasteiger partial charge in [-0.25, -0.2) is 0 Å². The lowest BCUT2D eigenvalue weighted by molar-refractivity contribution is -0.0487. The molecule has 2 heteroatoms. The number of hydrogen-bond acceptors (Lipinski definition) is 2. The Morgan fingerprint density at radius 1 is 1.33 bits per heavy atom. The van der Waals surface area contributed by atoms with Gasteiger partial charge >= 0.3 is 0 Å². The van der Waals surface area contributed by atoms with Crippen LogP contribution in [0.4, 0.5) is 0 Å². The van der Waals surface area contributed by atoms with E-state index in [4.69, 9.17) is 10.5 Å². The summed E-state index contributed by atoms with van der Waals surface area (Å²) in [7, 11) is 0. The molecular formula is C13H19NO. The highest BCUT2D eigenvalue weighted by atomic mass is 16.5. The molecule has 1 saturated carbocycles. The predicted molar refractivity (Wildman–Crippen MR) is 61.7 cm³/mol.